The molecule has 1 fully saturated rings. The second kappa shape index (κ2) is 5.27. The van der Waals surface area contributed by atoms with Crippen LogP contribution in [0.1, 0.15) is 60.3 Å². The van der Waals surface area contributed by atoms with E-state index in [0.717, 1.165) is 12.6 Å². The van der Waals surface area contributed by atoms with Crippen molar-refractivity contribution in [2.24, 2.45) is 17.1 Å². The highest BCUT2D eigenvalue weighted by atomic mass is 15.2. The molecule has 1 unspecified atom stereocenters. The summed E-state index contributed by atoms with van der Waals surface area (Å²) in [6.07, 6.45) is 5.35. The summed E-state index contributed by atoms with van der Waals surface area (Å²) < 4.78 is 0. The van der Waals surface area contributed by atoms with Crippen molar-refractivity contribution in [2.75, 3.05) is 13.6 Å². The third kappa shape index (κ3) is 3.23. The lowest BCUT2D eigenvalue weighted by Gasteiger charge is -2.48. The van der Waals surface area contributed by atoms with Crippen LogP contribution in [0.3, 0.4) is 0 Å². The summed E-state index contributed by atoms with van der Waals surface area (Å²) in [5.41, 5.74) is 6.72. The Morgan fingerprint density at radius 1 is 1.29 bits per heavy atom. The minimum atomic E-state index is 0.145. The van der Waals surface area contributed by atoms with Crippen LogP contribution in [0, 0.1) is 11.3 Å². The average molecular weight is 240 g/mol. The first-order valence-corrected chi connectivity index (χ1v) is 7.16. The summed E-state index contributed by atoms with van der Waals surface area (Å²) >= 11 is 0. The van der Waals surface area contributed by atoms with Gasteiger partial charge < -0.3 is 5.73 Å². The van der Waals surface area contributed by atoms with Gasteiger partial charge in [-0.3, -0.25) is 4.90 Å². The molecular formula is C15H32N2. The van der Waals surface area contributed by atoms with Crippen LogP contribution in [0.5, 0.6) is 0 Å². The van der Waals surface area contributed by atoms with E-state index in [-0.39, 0.29) is 5.54 Å². The fourth-order valence-electron chi connectivity index (χ4n) is 2.98. The van der Waals surface area contributed by atoms with Crippen molar-refractivity contribution in [3.8, 4) is 0 Å². The van der Waals surface area contributed by atoms with Gasteiger partial charge in [0.2, 0.25) is 0 Å². The summed E-state index contributed by atoms with van der Waals surface area (Å²) in [7, 11) is 2.27. The van der Waals surface area contributed by atoms with E-state index in [1.165, 1.54) is 25.7 Å². The van der Waals surface area contributed by atoms with Gasteiger partial charge in [0.1, 0.15) is 0 Å². The summed E-state index contributed by atoms with van der Waals surface area (Å²) in [6, 6.07) is 0.721. The molecule has 0 heterocycles. The molecule has 0 aromatic heterocycles. The molecule has 0 aliphatic heterocycles. The van der Waals surface area contributed by atoms with E-state index in [1.807, 2.05) is 0 Å². The number of hydrogen-bond acceptors (Lipinski definition) is 2. The van der Waals surface area contributed by atoms with Crippen LogP contribution in [0.2, 0.25) is 0 Å². The van der Waals surface area contributed by atoms with Crippen LogP contribution < -0.4 is 5.73 Å². The smallest absolute Gasteiger partial charge is 0.0326 e. The molecule has 0 bridgehead atoms. The monoisotopic (exact) mass is 240 g/mol. The number of nitrogens with two attached hydrogens (primary N) is 1. The minimum Gasteiger partial charge on any atom is -0.329 e. The molecule has 1 aliphatic carbocycles. The van der Waals surface area contributed by atoms with Crippen molar-refractivity contribution in [1.82, 2.24) is 4.90 Å². The first-order valence-electron chi connectivity index (χ1n) is 7.16. The fourth-order valence-corrected chi connectivity index (χ4v) is 2.98. The first-order chi connectivity index (χ1) is 7.73. The van der Waals surface area contributed by atoms with Crippen LogP contribution >= 0.6 is 0 Å². The molecule has 0 radical (unpaired) electrons. The Labute approximate surface area is 108 Å². The van der Waals surface area contributed by atoms with Gasteiger partial charge in [0.25, 0.3) is 0 Å². The quantitative estimate of drug-likeness (QED) is 0.817. The Bertz CT molecular complexity index is 237. The summed E-state index contributed by atoms with van der Waals surface area (Å²) in [5.74, 6) is 0.604. The van der Waals surface area contributed by atoms with Gasteiger partial charge in [-0.2, -0.15) is 0 Å². The predicted octanol–water partition coefficient (Wildman–Crippen LogP) is 3.26. The van der Waals surface area contributed by atoms with Crippen LogP contribution in [0.25, 0.3) is 0 Å². The van der Waals surface area contributed by atoms with E-state index >= 15 is 0 Å². The molecule has 0 aromatic carbocycles. The van der Waals surface area contributed by atoms with Gasteiger partial charge in [0.15, 0.2) is 0 Å². The van der Waals surface area contributed by atoms with Gasteiger partial charge in [0, 0.05) is 18.1 Å². The Hall–Kier alpha value is -0.0800. The topological polar surface area (TPSA) is 29.3 Å². The summed E-state index contributed by atoms with van der Waals surface area (Å²) in [5, 5.41) is 0. The zero-order valence-corrected chi connectivity index (χ0v) is 12.7. The maximum Gasteiger partial charge on any atom is 0.0326 e. The number of nitrogens with zero attached hydrogens (tertiary/aromatic N) is 1. The van der Waals surface area contributed by atoms with Crippen molar-refractivity contribution in [1.29, 1.82) is 0 Å². The number of hydrogen-bond donors (Lipinski definition) is 1. The lowest BCUT2D eigenvalue weighted by molar-refractivity contribution is 0.0195. The van der Waals surface area contributed by atoms with Crippen LogP contribution in [0.15, 0.2) is 0 Å². The van der Waals surface area contributed by atoms with Crippen LogP contribution in [-0.2, 0) is 0 Å². The molecule has 0 aromatic rings. The van der Waals surface area contributed by atoms with E-state index in [1.54, 1.807) is 0 Å². The lowest BCUT2D eigenvalue weighted by Crippen LogP contribution is -2.57. The number of likely N-dealkylation sites (N-methyl/N-ethyl adjacent to an activating group) is 1. The van der Waals surface area contributed by atoms with Crippen molar-refractivity contribution >= 4 is 0 Å². The Kier molecular flexibility index (Phi) is 4.65. The van der Waals surface area contributed by atoms with E-state index < -0.39 is 0 Å². The maximum absolute atomic E-state index is 6.03. The highest BCUT2D eigenvalue weighted by Gasteiger charge is 2.38. The average Bonchev–Trinajstić information content (AvgIpc) is 2.26. The molecule has 0 spiro atoms. The molecule has 1 atom stereocenters. The van der Waals surface area contributed by atoms with Gasteiger partial charge in [-0.1, -0.05) is 27.7 Å². The molecule has 17 heavy (non-hydrogen) atoms. The lowest BCUT2D eigenvalue weighted by atomic mass is 9.74. The molecule has 0 amide bonds. The van der Waals surface area contributed by atoms with E-state index in [4.69, 9.17) is 5.73 Å². The molecule has 2 heteroatoms. The molecule has 2 N–H and O–H groups in total. The van der Waals surface area contributed by atoms with Crippen LogP contribution in [-0.4, -0.2) is 30.1 Å². The second-order valence-corrected chi connectivity index (χ2v) is 7.22. The number of rotatable bonds is 4. The largest absolute Gasteiger partial charge is 0.329 e. The summed E-state index contributed by atoms with van der Waals surface area (Å²) in [6.45, 7) is 12.4. The zero-order chi connectivity index (χ0) is 13.3. The highest BCUT2D eigenvalue weighted by Crippen LogP contribution is 2.39. The minimum absolute atomic E-state index is 0.145. The molecule has 102 valence electrons. The predicted molar refractivity (Wildman–Crippen MR) is 76.1 cm³/mol. The van der Waals surface area contributed by atoms with Crippen molar-refractivity contribution in [3.63, 3.8) is 0 Å². The van der Waals surface area contributed by atoms with Gasteiger partial charge >= 0.3 is 0 Å². The Morgan fingerprint density at radius 2 is 1.76 bits per heavy atom. The molecule has 0 saturated heterocycles. The first kappa shape index (κ1) is 15.0. The fraction of sp³-hybridized carbons (Fsp3) is 1.00. The van der Waals surface area contributed by atoms with Crippen molar-refractivity contribution < 1.29 is 0 Å². The summed E-state index contributed by atoms with van der Waals surface area (Å²) in [4.78, 5) is 2.56. The maximum atomic E-state index is 6.03. The normalized spacial score (nSPS) is 25.2. The van der Waals surface area contributed by atoms with E-state index in [0.29, 0.717) is 11.3 Å². The third-order valence-electron chi connectivity index (χ3n) is 5.32. The van der Waals surface area contributed by atoms with E-state index in [2.05, 4.69) is 46.6 Å². The third-order valence-corrected chi connectivity index (χ3v) is 5.32. The van der Waals surface area contributed by atoms with E-state index in [9.17, 15) is 0 Å². The zero-order valence-electron chi connectivity index (χ0n) is 12.7. The molecule has 1 saturated carbocycles. The highest BCUT2D eigenvalue weighted by molar-refractivity contribution is 4.94. The van der Waals surface area contributed by atoms with Crippen molar-refractivity contribution in [2.45, 2.75) is 71.9 Å². The van der Waals surface area contributed by atoms with Crippen LogP contribution in [0.4, 0.5) is 0 Å². The SMILES string of the molecule is CC(C)C(C)(CN)N(C)C1CCC(C)(C)CC1. The molecule has 2 nitrogen and oxygen atoms in total. The molecule has 1 rings (SSSR count). The Morgan fingerprint density at radius 3 is 2.12 bits per heavy atom. The van der Waals surface area contributed by atoms with Crippen molar-refractivity contribution in [3.05, 3.63) is 0 Å². The molecular weight excluding hydrogens is 208 g/mol. The van der Waals surface area contributed by atoms with Gasteiger partial charge in [-0.15, -0.1) is 0 Å². The standard InChI is InChI=1S/C15H32N2/c1-12(2)15(5,11-16)17(6)13-7-9-14(3,4)10-8-13/h12-13H,7-11,16H2,1-6H3. The van der Waals surface area contributed by atoms with Gasteiger partial charge in [-0.25, -0.2) is 0 Å². The molecule has 1 aliphatic rings. The second-order valence-electron chi connectivity index (χ2n) is 7.22. The van der Waals surface area contributed by atoms with Gasteiger partial charge in [-0.05, 0) is 51.0 Å². The Balaban J connectivity index is 2.67. The van der Waals surface area contributed by atoms with Gasteiger partial charge in [0.05, 0.1) is 0 Å².